The van der Waals surface area contributed by atoms with E-state index in [-0.39, 0.29) is 12.4 Å². The Morgan fingerprint density at radius 2 is 2.30 bits per heavy atom. The van der Waals surface area contributed by atoms with Crippen LogP contribution in [-0.2, 0) is 17.6 Å². The molecule has 140 valence electrons. The molecule has 1 N–H and O–H groups in total. The molecule has 0 bridgehead atoms. The maximum absolute atomic E-state index is 12.7. The van der Waals surface area contributed by atoms with Gasteiger partial charge in [-0.25, -0.2) is 14.3 Å². The van der Waals surface area contributed by atoms with E-state index in [1.165, 1.54) is 15.9 Å². The minimum Gasteiger partial charge on any atom is -0.462 e. The highest BCUT2D eigenvalue weighted by molar-refractivity contribution is 7.17. The number of hydrogen-bond acceptors (Lipinski definition) is 7. The van der Waals surface area contributed by atoms with Gasteiger partial charge in [-0.05, 0) is 43.7 Å². The molecule has 3 aromatic rings. The van der Waals surface area contributed by atoms with Gasteiger partial charge in [0.25, 0.3) is 11.7 Å². The van der Waals surface area contributed by atoms with Gasteiger partial charge in [-0.1, -0.05) is 6.92 Å². The highest BCUT2D eigenvalue weighted by Gasteiger charge is 2.29. The van der Waals surface area contributed by atoms with Gasteiger partial charge in [-0.3, -0.25) is 4.79 Å². The van der Waals surface area contributed by atoms with Crippen LogP contribution in [0.5, 0.6) is 0 Å². The first-order valence-corrected chi connectivity index (χ1v) is 9.68. The molecule has 0 radical (unpaired) electrons. The maximum Gasteiger partial charge on any atom is 0.341 e. The van der Waals surface area contributed by atoms with E-state index < -0.39 is 11.9 Å². The smallest absolute Gasteiger partial charge is 0.341 e. The average Bonchev–Trinajstić information content (AvgIpc) is 3.22. The number of fused-ring (bicyclic) bond motifs is 2. The van der Waals surface area contributed by atoms with Crippen LogP contribution in [-0.4, -0.2) is 38.1 Å². The number of ether oxygens (including phenoxy) is 1. The molecule has 0 spiro atoms. The van der Waals surface area contributed by atoms with E-state index in [0.29, 0.717) is 22.3 Å². The fraction of sp³-hybridized carbons (Fsp3) is 0.389. The van der Waals surface area contributed by atoms with E-state index >= 15 is 0 Å². The quantitative estimate of drug-likeness (QED) is 0.694. The third-order valence-corrected chi connectivity index (χ3v) is 5.71. The molecule has 1 amide bonds. The number of aromatic nitrogens is 4. The first-order valence-electron chi connectivity index (χ1n) is 8.87. The Hall–Kier alpha value is -2.81. The summed E-state index contributed by atoms with van der Waals surface area (Å²) in [7, 11) is 0. The molecular weight excluding hydrogens is 366 g/mol. The number of anilines is 1. The summed E-state index contributed by atoms with van der Waals surface area (Å²) < 4.78 is 6.66. The van der Waals surface area contributed by atoms with Crippen molar-refractivity contribution in [1.82, 2.24) is 19.6 Å². The predicted molar refractivity (Wildman–Crippen MR) is 100 cm³/mol. The zero-order valence-corrected chi connectivity index (χ0v) is 15.9. The summed E-state index contributed by atoms with van der Waals surface area (Å²) in [5.74, 6) is 0.0268. The summed E-state index contributed by atoms with van der Waals surface area (Å²) >= 11 is 1.44. The number of nitrogens with zero attached hydrogens (tertiary/aromatic N) is 4. The van der Waals surface area contributed by atoms with Crippen LogP contribution in [0.15, 0.2) is 18.5 Å². The summed E-state index contributed by atoms with van der Waals surface area (Å²) in [4.78, 5) is 34.5. The summed E-state index contributed by atoms with van der Waals surface area (Å²) in [6, 6.07) is 1.71. The number of esters is 1. The van der Waals surface area contributed by atoms with Gasteiger partial charge in [0.15, 0.2) is 0 Å². The lowest BCUT2D eigenvalue weighted by Crippen LogP contribution is -2.17. The van der Waals surface area contributed by atoms with Crippen LogP contribution in [0.3, 0.4) is 0 Å². The topological polar surface area (TPSA) is 98.5 Å². The van der Waals surface area contributed by atoms with E-state index in [0.717, 1.165) is 29.7 Å². The molecule has 0 saturated carbocycles. The molecule has 9 heteroatoms. The molecule has 0 unspecified atom stereocenters. The first kappa shape index (κ1) is 17.6. The lowest BCUT2D eigenvalue weighted by molar-refractivity contribution is 0.0526. The molecule has 0 saturated heterocycles. The number of carbonyl (C=O) groups is 2. The second kappa shape index (κ2) is 7.07. The van der Waals surface area contributed by atoms with Crippen molar-refractivity contribution in [3.8, 4) is 0 Å². The molecule has 1 aliphatic rings. The van der Waals surface area contributed by atoms with E-state index in [9.17, 15) is 9.59 Å². The Balaban J connectivity index is 1.68. The van der Waals surface area contributed by atoms with Gasteiger partial charge in [0.2, 0.25) is 5.82 Å². The van der Waals surface area contributed by atoms with Crippen LogP contribution >= 0.6 is 11.3 Å². The molecule has 27 heavy (non-hydrogen) atoms. The van der Waals surface area contributed by atoms with Crippen LogP contribution in [0.2, 0.25) is 0 Å². The Labute approximate surface area is 159 Å². The summed E-state index contributed by atoms with van der Waals surface area (Å²) in [5, 5.41) is 7.45. The van der Waals surface area contributed by atoms with Crippen molar-refractivity contribution < 1.29 is 14.3 Å². The largest absolute Gasteiger partial charge is 0.462 e. The molecule has 3 aromatic heterocycles. The number of hydrogen-bond donors (Lipinski definition) is 1. The van der Waals surface area contributed by atoms with Crippen LogP contribution in [0.4, 0.5) is 5.00 Å². The van der Waals surface area contributed by atoms with Crippen LogP contribution in [0.1, 0.15) is 51.7 Å². The van der Waals surface area contributed by atoms with Gasteiger partial charge in [0.1, 0.15) is 5.00 Å². The van der Waals surface area contributed by atoms with Gasteiger partial charge < -0.3 is 10.1 Å². The number of amides is 1. The fourth-order valence-corrected chi connectivity index (χ4v) is 4.64. The van der Waals surface area contributed by atoms with Crippen molar-refractivity contribution in [2.45, 2.75) is 33.1 Å². The lowest BCUT2D eigenvalue weighted by atomic mass is 9.88. The molecule has 0 aliphatic heterocycles. The first-order chi connectivity index (χ1) is 13.1. The molecule has 8 nitrogen and oxygen atoms in total. The average molecular weight is 385 g/mol. The van der Waals surface area contributed by atoms with Gasteiger partial charge in [0.05, 0.1) is 12.2 Å². The molecule has 0 fully saturated rings. The van der Waals surface area contributed by atoms with Crippen molar-refractivity contribution in [2.75, 3.05) is 11.9 Å². The molecule has 1 atom stereocenters. The van der Waals surface area contributed by atoms with Gasteiger partial charge >= 0.3 is 5.97 Å². The van der Waals surface area contributed by atoms with Gasteiger partial charge in [-0.15, -0.1) is 16.4 Å². The SMILES string of the molecule is CCOC(=O)c1c(NC(=O)c2nc3ncccn3n2)sc2c1CC[C@H](C)C2. The normalized spacial score (nSPS) is 16.1. The van der Waals surface area contributed by atoms with Crippen molar-refractivity contribution in [3.05, 3.63) is 40.3 Å². The zero-order chi connectivity index (χ0) is 19.0. The third-order valence-electron chi connectivity index (χ3n) is 4.54. The Kier molecular flexibility index (Phi) is 4.61. The number of rotatable bonds is 4. The monoisotopic (exact) mass is 385 g/mol. The van der Waals surface area contributed by atoms with E-state index in [1.54, 1.807) is 25.4 Å². The predicted octanol–water partition coefficient (Wildman–Crippen LogP) is 2.74. The third kappa shape index (κ3) is 3.30. The molecule has 4 rings (SSSR count). The van der Waals surface area contributed by atoms with Crippen molar-refractivity contribution >= 4 is 34.0 Å². The van der Waals surface area contributed by atoms with Crippen molar-refractivity contribution in [3.63, 3.8) is 0 Å². The Bertz CT molecular complexity index is 992. The Morgan fingerprint density at radius 1 is 1.44 bits per heavy atom. The summed E-state index contributed by atoms with van der Waals surface area (Å²) in [5.41, 5.74) is 1.47. The number of nitrogens with one attached hydrogen (secondary N) is 1. The number of carbonyl (C=O) groups excluding carboxylic acids is 2. The van der Waals surface area contributed by atoms with Gasteiger partial charge in [0, 0.05) is 17.3 Å². The molecule has 1 aliphatic carbocycles. The number of thiophene rings is 1. The van der Waals surface area contributed by atoms with Crippen LogP contribution in [0.25, 0.3) is 5.78 Å². The van der Waals surface area contributed by atoms with E-state index in [2.05, 4.69) is 27.3 Å². The van der Waals surface area contributed by atoms with Crippen LogP contribution < -0.4 is 5.32 Å². The second-order valence-electron chi connectivity index (χ2n) is 6.53. The molecule has 3 heterocycles. The highest BCUT2D eigenvalue weighted by Crippen LogP contribution is 2.40. The lowest BCUT2D eigenvalue weighted by Gasteiger charge is -2.18. The summed E-state index contributed by atoms with van der Waals surface area (Å²) in [6.07, 6.45) is 5.98. The van der Waals surface area contributed by atoms with Crippen molar-refractivity contribution in [1.29, 1.82) is 0 Å². The van der Waals surface area contributed by atoms with Gasteiger partial charge in [-0.2, -0.15) is 4.98 Å². The minimum atomic E-state index is -0.474. The fourth-order valence-electron chi connectivity index (χ4n) is 3.25. The molecule has 0 aromatic carbocycles. The van der Waals surface area contributed by atoms with Crippen molar-refractivity contribution in [2.24, 2.45) is 5.92 Å². The van der Waals surface area contributed by atoms with Crippen LogP contribution in [0, 0.1) is 5.92 Å². The minimum absolute atomic E-state index is 0.00301. The maximum atomic E-state index is 12.7. The second-order valence-corrected chi connectivity index (χ2v) is 7.64. The highest BCUT2D eigenvalue weighted by atomic mass is 32.1. The zero-order valence-electron chi connectivity index (χ0n) is 15.1. The standard InChI is InChI=1S/C18H19N5O3S/c1-3-26-17(25)13-11-6-5-10(2)9-12(11)27-16(13)21-15(24)14-20-18-19-7-4-8-23(18)22-14/h4,7-8,10H,3,5-6,9H2,1-2H3,(H,21,24)/t10-/m0/s1. The Morgan fingerprint density at radius 3 is 3.07 bits per heavy atom. The summed E-state index contributed by atoms with van der Waals surface area (Å²) in [6.45, 7) is 4.25. The van der Waals surface area contributed by atoms with E-state index in [4.69, 9.17) is 4.74 Å². The molecular formula is C18H19N5O3S. The van der Waals surface area contributed by atoms with E-state index in [1.807, 2.05) is 0 Å².